The highest BCUT2D eigenvalue weighted by atomic mass is 32.1. The summed E-state index contributed by atoms with van der Waals surface area (Å²) < 4.78 is 16.1. The number of thiophene rings is 1. The number of carbonyl (C=O) groups is 1. The van der Waals surface area contributed by atoms with E-state index in [9.17, 15) is 18.8 Å². The van der Waals surface area contributed by atoms with Crippen LogP contribution in [0.15, 0.2) is 45.3 Å². The molecule has 0 fully saturated rings. The van der Waals surface area contributed by atoms with E-state index in [4.69, 9.17) is 0 Å². The maximum atomic E-state index is 13.6. The van der Waals surface area contributed by atoms with E-state index in [-0.39, 0.29) is 12.2 Å². The minimum atomic E-state index is -0.593. The molecule has 1 amide bonds. The number of rotatable bonds is 3. The van der Waals surface area contributed by atoms with E-state index in [1.165, 1.54) is 41.2 Å². The maximum Gasteiger partial charge on any atom is 0.331 e. The highest BCUT2D eigenvalue weighted by molar-refractivity contribution is 7.17. The van der Waals surface area contributed by atoms with Crippen LogP contribution in [0.2, 0.25) is 0 Å². The van der Waals surface area contributed by atoms with Crippen LogP contribution in [0.3, 0.4) is 0 Å². The average Bonchev–Trinajstić information content (AvgIpc) is 3.01. The lowest BCUT2D eigenvalue weighted by Gasteiger charge is -2.10. The van der Waals surface area contributed by atoms with Gasteiger partial charge in [0, 0.05) is 7.05 Å². The first-order valence-electron chi connectivity index (χ1n) is 6.70. The van der Waals surface area contributed by atoms with E-state index in [0.717, 1.165) is 4.57 Å². The number of carbonyl (C=O) groups excluding carboxylic acids is 1. The van der Waals surface area contributed by atoms with Crippen LogP contribution in [0.4, 0.5) is 10.1 Å². The van der Waals surface area contributed by atoms with Gasteiger partial charge in [-0.05, 0) is 23.6 Å². The summed E-state index contributed by atoms with van der Waals surface area (Å²) in [5, 5.41) is 4.10. The Kier molecular flexibility index (Phi) is 3.83. The van der Waals surface area contributed by atoms with Crippen molar-refractivity contribution in [2.45, 2.75) is 6.54 Å². The van der Waals surface area contributed by atoms with Gasteiger partial charge in [0.15, 0.2) is 0 Å². The van der Waals surface area contributed by atoms with Gasteiger partial charge in [0.05, 0.1) is 11.2 Å². The van der Waals surface area contributed by atoms with Crippen molar-refractivity contribution >= 4 is 33.1 Å². The zero-order chi connectivity index (χ0) is 16.6. The van der Waals surface area contributed by atoms with Gasteiger partial charge in [-0.1, -0.05) is 12.1 Å². The van der Waals surface area contributed by atoms with E-state index in [1.54, 1.807) is 17.5 Å². The molecule has 118 valence electrons. The zero-order valence-corrected chi connectivity index (χ0v) is 12.9. The van der Waals surface area contributed by atoms with Crippen molar-refractivity contribution in [3.63, 3.8) is 0 Å². The van der Waals surface area contributed by atoms with Crippen LogP contribution >= 0.6 is 11.3 Å². The van der Waals surface area contributed by atoms with Crippen LogP contribution in [-0.4, -0.2) is 15.0 Å². The van der Waals surface area contributed by atoms with Gasteiger partial charge < -0.3 is 5.32 Å². The molecule has 0 radical (unpaired) electrons. The molecule has 0 saturated heterocycles. The zero-order valence-electron chi connectivity index (χ0n) is 12.1. The fraction of sp³-hybridized carbons (Fsp3) is 0.133. The number of hydrogen-bond acceptors (Lipinski definition) is 4. The summed E-state index contributed by atoms with van der Waals surface area (Å²) in [5.74, 6) is -1.11. The van der Waals surface area contributed by atoms with Crippen molar-refractivity contribution in [2.75, 3.05) is 5.32 Å². The molecular formula is C15H12FN3O3S. The van der Waals surface area contributed by atoms with Crippen molar-refractivity contribution < 1.29 is 9.18 Å². The molecule has 0 aliphatic rings. The number of nitrogens with zero attached hydrogens (tertiary/aromatic N) is 2. The predicted molar refractivity (Wildman–Crippen MR) is 86.4 cm³/mol. The van der Waals surface area contributed by atoms with Crippen molar-refractivity contribution in [2.24, 2.45) is 7.05 Å². The number of amides is 1. The molecule has 3 rings (SSSR count). The van der Waals surface area contributed by atoms with Crippen LogP contribution < -0.4 is 16.6 Å². The number of anilines is 1. The van der Waals surface area contributed by atoms with E-state index in [1.807, 2.05) is 0 Å². The fourth-order valence-corrected chi connectivity index (χ4v) is 3.12. The van der Waals surface area contributed by atoms with Gasteiger partial charge in [-0.25, -0.2) is 9.18 Å². The molecule has 1 aromatic carbocycles. The topological polar surface area (TPSA) is 73.1 Å². The van der Waals surface area contributed by atoms with Crippen LogP contribution in [0, 0.1) is 5.82 Å². The second kappa shape index (κ2) is 5.81. The van der Waals surface area contributed by atoms with Gasteiger partial charge in [0.1, 0.15) is 17.1 Å². The summed E-state index contributed by atoms with van der Waals surface area (Å²) in [7, 11) is 1.36. The van der Waals surface area contributed by atoms with Crippen LogP contribution in [-0.2, 0) is 18.4 Å². The molecule has 23 heavy (non-hydrogen) atoms. The van der Waals surface area contributed by atoms with Crippen molar-refractivity contribution in [3.8, 4) is 0 Å². The molecule has 1 N–H and O–H groups in total. The first kappa shape index (κ1) is 15.2. The molecule has 0 saturated carbocycles. The molecule has 0 aliphatic heterocycles. The Morgan fingerprint density at radius 3 is 2.74 bits per heavy atom. The molecule has 0 unspecified atom stereocenters. The molecule has 0 bridgehead atoms. The minimum Gasteiger partial charge on any atom is -0.322 e. The molecular weight excluding hydrogens is 321 g/mol. The summed E-state index contributed by atoms with van der Waals surface area (Å²) >= 11 is 1.20. The number of halogens is 1. The van der Waals surface area contributed by atoms with E-state index in [0.29, 0.717) is 10.2 Å². The molecule has 2 aromatic heterocycles. The number of nitrogens with one attached hydrogen (secondary N) is 1. The second-order valence-corrected chi connectivity index (χ2v) is 5.81. The molecule has 0 aliphatic carbocycles. The van der Waals surface area contributed by atoms with Crippen LogP contribution in [0.5, 0.6) is 0 Å². The van der Waals surface area contributed by atoms with Gasteiger partial charge in [-0.15, -0.1) is 11.3 Å². The third-order valence-corrected chi connectivity index (χ3v) is 4.29. The Hall–Kier alpha value is -2.74. The molecule has 6 nitrogen and oxygen atoms in total. The summed E-state index contributed by atoms with van der Waals surface area (Å²) in [4.78, 5) is 36.4. The molecule has 2 heterocycles. The Labute approximate surface area is 133 Å². The van der Waals surface area contributed by atoms with E-state index in [2.05, 4.69) is 5.32 Å². The molecule has 3 aromatic rings. The normalized spacial score (nSPS) is 10.9. The van der Waals surface area contributed by atoms with Crippen molar-refractivity contribution in [1.82, 2.24) is 9.13 Å². The average molecular weight is 333 g/mol. The van der Waals surface area contributed by atoms with Gasteiger partial charge in [-0.3, -0.25) is 18.7 Å². The van der Waals surface area contributed by atoms with Crippen LogP contribution in [0.1, 0.15) is 0 Å². The quantitative estimate of drug-likeness (QED) is 0.790. The lowest BCUT2D eigenvalue weighted by molar-refractivity contribution is -0.116. The minimum absolute atomic E-state index is 0.0388. The summed E-state index contributed by atoms with van der Waals surface area (Å²) in [6.07, 6.45) is 0. The summed E-state index contributed by atoms with van der Waals surface area (Å²) in [6, 6.07) is 7.37. The highest BCUT2D eigenvalue weighted by Gasteiger charge is 2.15. The molecule has 0 atom stereocenters. The number of benzene rings is 1. The van der Waals surface area contributed by atoms with Crippen molar-refractivity contribution in [1.29, 1.82) is 0 Å². The predicted octanol–water partition coefficient (Wildman–Crippen LogP) is 1.54. The van der Waals surface area contributed by atoms with Gasteiger partial charge >= 0.3 is 5.69 Å². The SMILES string of the molecule is Cn1c(=O)c2sccc2n(CC(=O)Nc2ccccc2F)c1=O. The summed E-state index contributed by atoms with van der Waals surface area (Å²) in [5.41, 5.74) is -0.556. The van der Waals surface area contributed by atoms with E-state index >= 15 is 0 Å². The van der Waals surface area contributed by atoms with Crippen LogP contribution in [0.25, 0.3) is 10.2 Å². The van der Waals surface area contributed by atoms with Gasteiger partial charge in [0.2, 0.25) is 5.91 Å². The Balaban J connectivity index is 1.98. The summed E-state index contributed by atoms with van der Waals surface area (Å²) in [6.45, 7) is -0.311. The number of para-hydroxylation sites is 1. The third-order valence-electron chi connectivity index (χ3n) is 3.40. The third kappa shape index (κ3) is 2.68. The first-order chi connectivity index (χ1) is 11.0. The number of aromatic nitrogens is 2. The largest absolute Gasteiger partial charge is 0.331 e. The first-order valence-corrected chi connectivity index (χ1v) is 7.58. The monoisotopic (exact) mass is 333 g/mol. The Morgan fingerprint density at radius 1 is 1.26 bits per heavy atom. The highest BCUT2D eigenvalue weighted by Crippen LogP contribution is 2.16. The van der Waals surface area contributed by atoms with Gasteiger partial charge in [0.25, 0.3) is 5.56 Å². The van der Waals surface area contributed by atoms with Gasteiger partial charge in [-0.2, -0.15) is 0 Å². The standard InChI is InChI=1S/C15H12FN3O3S/c1-18-14(21)13-11(6-7-23-13)19(15(18)22)8-12(20)17-10-5-3-2-4-9(10)16/h2-7H,8H2,1H3,(H,17,20). The molecule has 8 heteroatoms. The van der Waals surface area contributed by atoms with Crippen molar-refractivity contribution in [3.05, 3.63) is 62.4 Å². The fourth-order valence-electron chi connectivity index (χ4n) is 2.25. The lowest BCUT2D eigenvalue weighted by atomic mass is 10.3. The maximum absolute atomic E-state index is 13.6. The lowest BCUT2D eigenvalue weighted by Crippen LogP contribution is -2.39. The number of hydrogen-bond donors (Lipinski definition) is 1. The second-order valence-electron chi connectivity index (χ2n) is 4.90. The van der Waals surface area contributed by atoms with E-state index < -0.39 is 23.0 Å². The molecule has 0 spiro atoms. The number of fused-ring (bicyclic) bond motifs is 1. The Morgan fingerprint density at radius 2 is 2.00 bits per heavy atom. The smallest absolute Gasteiger partial charge is 0.322 e. The Bertz CT molecular complexity index is 1020.